The van der Waals surface area contributed by atoms with E-state index in [1.54, 1.807) is 0 Å². The number of para-hydroxylation sites is 2. The van der Waals surface area contributed by atoms with Gasteiger partial charge in [-0.25, -0.2) is 9.98 Å². The van der Waals surface area contributed by atoms with Gasteiger partial charge in [-0.3, -0.25) is 0 Å². The van der Waals surface area contributed by atoms with Gasteiger partial charge in [0, 0.05) is 19.6 Å². The number of fused-ring (bicyclic) bond motifs is 1. The smallest absolute Gasteiger partial charge is 0.191 e. The standard InChI is InChI=1S/C17H27N5/c1-6-18-17(20-13(4)12(2)3)19-11-16-21-14-9-7-8-10-15(14)22(16)5/h7-10,12-13H,6,11H2,1-5H3,(H2,18,19,20). The molecule has 2 N–H and O–H groups in total. The summed E-state index contributed by atoms with van der Waals surface area (Å²) in [6, 6.07) is 8.54. The van der Waals surface area contributed by atoms with E-state index in [1.807, 2.05) is 25.2 Å². The SMILES string of the molecule is CCNC(=NCc1nc2ccccc2n1C)NC(C)C(C)C. The van der Waals surface area contributed by atoms with Gasteiger partial charge in [-0.1, -0.05) is 26.0 Å². The minimum atomic E-state index is 0.373. The zero-order chi connectivity index (χ0) is 16.1. The van der Waals surface area contributed by atoms with Crippen LogP contribution in [-0.2, 0) is 13.6 Å². The number of nitrogens with one attached hydrogen (secondary N) is 2. The summed E-state index contributed by atoms with van der Waals surface area (Å²) in [5, 5.41) is 6.74. The number of aryl methyl sites for hydroxylation is 1. The molecule has 0 amide bonds. The highest BCUT2D eigenvalue weighted by atomic mass is 15.2. The van der Waals surface area contributed by atoms with Gasteiger partial charge in [-0.2, -0.15) is 0 Å². The van der Waals surface area contributed by atoms with Crippen molar-refractivity contribution in [3.05, 3.63) is 30.1 Å². The third kappa shape index (κ3) is 3.78. The van der Waals surface area contributed by atoms with Gasteiger partial charge in [-0.05, 0) is 31.9 Å². The molecule has 22 heavy (non-hydrogen) atoms. The van der Waals surface area contributed by atoms with E-state index in [0.29, 0.717) is 18.5 Å². The fourth-order valence-corrected chi connectivity index (χ4v) is 2.19. The third-order valence-electron chi connectivity index (χ3n) is 3.97. The minimum Gasteiger partial charge on any atom is -0.357 e. The molecule has 0 saturated heterocycles. The average Bonchev–Trinajstić information content (AvgIpc) is 2.82. The van der Waals surface area contributed by atoms with Crippen molar-refractivity contribution in [3.63, 3.8) is 0 Å². The number of hydrogen-bond acceptors (Lipinski definition) is 2. The lowest BCUT2D eigenvalue weighted by atomic mass is 10.1. The van der Waals surface area contributed by atoms with Crippen molar-refractivity contribution in [2.45, 2.75) is 40.3 Å². The maximum absolute atomic E-state index is 4.67. The fourth-order valence-electron chi connectivity index (χ4n) is 2.19. The van der Waals surface area contributed by atoms with Crippen LogP contribution in [-0.4, -0.2) is 28.1 Å². The Morgan fingerprint density at radius 2 is 2.00 bits per heavy atom. The van der Waals surface area contributed by atoms with Crippen molar-refractivity contribution >= 4 is 17.0 Å². The monoisotopic (exact) mass is 301 g/mol. The van der Waals surface area contributed by atoms with Gasteiger partial charge in [0.2, 0.25) is 0 Å². The van der Waals surface area contributed by atoms with Gasteiger partial charge in [0.1, 0.15) is 12.4 Å². The van der Waals surface area contributed by atoms with E-state index in [9.17, 15) is 0 Å². The van der Waals surface area contributed by atoms with Crippen LogP contribution in [0.5, 0.6) is 0 Å². The van der Waals surface area contributed by atoms with Gasteiger partial charge in [0.05, 0.1) is 11.0 Å². The Bertz CT molecular complexity index is 642. The van der Waals surface area contributed by atoms with E-state index in [2.05, 4.69) is 58.9 Å². The summed E-state index contributed by atoms with van der Waals surface area (Å²) in [4.78, 5) is 9.33. The van der Waals surface area contributed by atoms with Gasteiger partial charge in [-0.15, -0.1) is 0 Å². The first-order chi connectivity index (χ1) is 10.5. The average molecular weight is 301 g/mol. The second-order valence-electron chi connectivity index (χ2n) is 5.95. The molecule has 0 aliphatic rings. The first-order valence-electron chi connectivity index (χ1n) is 7.98. The summed E-state index contributed by atoms with van der Waals surface area (Å²) in [7, 11) is 2.04. The number of aromatic nitrogens is 2. The Kier molecular flexibility index (Phi) is 5.41. The number of nitrogens with zero attached hydrogens (tertiary/aromatic N) is 3. The van der Waals surface area contributed by atoms with Gasteiger partial charge in [0.25, 0.3) is 0 Å². The molecule has 0 radical (unpaired) electrons. The van der Waals surface area contributed by atoms with E-state index in [0.717, 1.165) is 29.4 Å². The number of guanidine groups is 1. The Labute approximate surface area is 132 Å². The number of hydrogen-bond donors (Lipinski definition) is 2. The minimum absolute atomic E-state index is 0.373. The largest absolute Gasteiger partial charge is 0.357 e. The van der Waals surface area contributed by atoms with E-state index in [4.69, 9.17) is 0 Å². The second-order valence-corrected chi connectivity index (χ2v) is 5.95. The zero-order valence-electron chi connectivity index (χ0n) is 14.2. The quantitative estimate of drug-likeness (QED) is 0.659. The molecule has 2 aromatic rings. The molecule has 120 valence electrons. The summed E-state index contributed by atoms with van der Waals surface area (Å²) in [6.45, 7) is 10.1. The van der Waals surface area contributed by atoms with Crippen molar-refractivity contribution < 1.29 is 0 Å². The molecule has 0 fully saturated rings. The van der Waals surface area contributed by atoms with Crippen LogP contribution >= 0.6 is 0 Å². The van der Waals surface area contributed by atoms with E-state index in [-0.39, 0.29) is 0 Å². The zero-order valence-corrected chi connectivity index (χ0v) is 14.2. The van der Waals surface area contributed by atoms with Crippen molar-refractivity contribution in [2.75, 3.05) is 6.54 Å². The molecular formula is C17H27N5. The molecule has 5 heteroatoms. The molecule has 5 nitrogen and oxygen atoms in total. The summed E-state index contributed by atoms with van der Waals surface area (Å²) in [6.07, 6.45) is 0. The third-order valence-corrected chi connectivity index (χ3v) is 3.97. The Morgan fingerprint density at radius 1 is 1.27 bits per heavy atom. The van der Waals surface area contributed by atoms with Crippen LogP contribution in [0, 0.1) is 5.92 Å². The van der Waals surface area contributed by atoms with Crippen molar-refractivity contribution in [3.8, 4) is 0 Å². The molecule has 0 aliphatic heterocycles. The van der Waals surface area contributed by atoms with Gasteiger partial charge < -0.3 is 15.2 Å². The number of imidazole rings is 1. The first-order valence-corrected chi connectivity index (χ1v) is 7.98. The van der Waals surface area contributed by atoms with Crippen LogP contribution in [0.2, 0.25) is 0 Å². The van der Waals surface area contributed by atoms with E-state index in [1.165, 1.54) is 0 Å². The number of aliphatic imine (C=N–C) groups is 1. The molecule has 0 spiro atoms. The highest BCUT2D eigenvalue weighted by molar-refractivity contribution is 5.80. The van der Waals surface area contributed by atoms with Crippen LogP contribution in [0.4, 0.5) is 0 Å². The molecule has 2 rings (SSSR count). The lowest BCUT2D eigenvalue weighted by Gasteiger charge is -2.20. The second kappa shape index (κ2) is 7.29. The predicted octanol–water partition coefficient (Wildman–Crippen LogP) is 2.67. The molecule has 1 aromatic heterocycles. The molecule has 0 bridgehead atoms. The van der Waals surface area contributed by atoms with Gasteiger partial charge >= 0.3 is 0 Å². The molecule has 1 aromatic carbocycles. The van der Waals surface area contributed by atoms with Crippen LogP contribution < -0.4 is 10.6 Å². The normalized spacial score (nSPS) is 13.6. The van der Waals surface area contributed by atoms with Crippen molar-refractivity contribution in [2.24, 2.45) is 18.0 Å². The topological polar surface area (TPSA) is 54.2 Å². The van der Waals surface area contributed by atoms with Crippen LogP contribution in [0.3, 0.4) is 0 Å². The molecule has 1 heterocycles. The maximum Gasteiger partial charge on any atom is 0.191 e. The van der Waals surface area contributed by atoms with E-state index < -0.39 is 0 Å². The molecular weight excluding hydrogens is 274 g/mol. The van der Waals surface area contributed by atoms with Gasteiger partial charge in [0.15, 0.2) is 5.96 Å². The summed E-state index contributed by atoms with van der Waals surface area (Å²) < 4.78 is 2.11. The molecule has 0 saturated carbocycles. The summed E-state index contributed by atoms with van der Waals surface area (Å²) in [5.74, 6) is 2.37. The fraction of sp³-hybridized carbons (Fsp3) is 0.529. The lowest BCUT2D eigenvalue weighted by Crippen LogP contribution is -2.44. The summed E-state index contributed by atoms with van der Waals surface area (Å²) >= 11 is 0. The Hall–Kier alpha value is -2.04. The lowest BCUT2D eigenvalue weighted by molar-refractivity contribution is 0.480. The maximum atomic E-state index is 4.67. The van der Waals surface area contributed by atoms with E-state index >= 15 is 0 Å². The van der Waals surface area contributed by atoms with Crippen LogP contribution in [0.15, 0.2) is 29.3 Å². The van der Waals surface area contributed by atoms with Crippen molar-refractivity contribution in [1.29, 1.82) is 0 Å². The number of rotatable bonds is 5. The molecule has 1 unspecified atom stereocenters. The predicted molar refractivity (Wildman–Crippen MR) is 93.0 cm³/mol. The number of benzene rings is 1. The van der Waals surface area contributed by atoms with Crippen LogP contribution in [0.1, 0.15) is 33.5 Å². The Morgan fingerprint density at radius 3 is 2.64 bits per heavy atom. The first kappa shape index (κ1) is 16.3. The molecule has 0 aliphatic carbocycles. The highest BCUT2D eigenvalue weighted by Gasteiger charge is 2.10. The highest BCUT2D eigenvalue weighted by Crippen LogP contribution is 2.14. The summed E-state index contributed by atoms with van der Waals surface area (Å²) in [5.41, 5.74) is 2.16. The molecule has 1 atom stereocenters. The van der Waals surface area contributed by atoms with Crippen LogP contribution in [0.25, 0.3) is 11.0 Å². The Balaban J connectivity index is 2.16. The van der Waals surface area contributed by atoms with Crippen molar-refractivity contribution in [1.82, 2.24) is 20.2 Å².